The van der Waals surface area contributed by atoms with E-state index < -0.39 is 0 Å². The zero-order chi connectivity index (χ0) is 15.7. The van der Waals surface area contributed by atoms with E-state index in [0.717, 1.165) is 25.6 Å². The molecule has 0 aromatic heterocycles. The van der Waals surface area contributed by atoms with Gasteiger partial charge >= 0.3 is 0 Å². The van der Waals surface area contributed by atoms with Gasteiger partial charge in [0.1, 0.15) is 0 Å². The zero-order valence-corrected chi connectivity index (χ0v) is 15.1. The first-order chi connectivity index (χ1) is 10.1. The summed E-state index contributed by atoms with van der Waals surface area (Å²) >= 11 is 0. The second-order valence-corrected chi connectivity index (χ2v) is 7.23. The van der Waals surface area contributed by atoms with Crippen LogP contribution >= 0.6 is 0 Å². The summed E-state index contributed by atoms with van der Waals surface area (Å²) < 4.78 is 5.37. The van der Waals surface area contributed by atoms with E-state index in [4.69, 9.17) is 4.74 Å². The van der Waals surface area contributed by atoms with E-state index in [1.54, 1.807) is 0 Å². The summed E-state index contributed by atoms with van der Waals surface area (Å²) in [5.74, 6) is 0.913. The normalized spacial score (nSPS) is 28.0. The zero-order valence-electron chi connectivity index (χ0n) is 15.1. The molecule has 0 saturated heterocycles. The van der Waals surface area contributed by atoms with Gasteiger partial charge in [-0.3, -0.25) is 4.90 Å². The maximum Gasteiger partial charge on any atom is 0.0615 e. The molecular weight excluding hydrogens is 260 g/mol. The third kappa shape index (κ3) is 6.25. The van der Waals surface area contributed by atoms with Crippen molar-refractivity contribution in [2.75, 3.05) is 39.9 Å². The van der Waals surface area contributed by atoms with Crippen molar-refractivity contribution in [1.29, 1.82) is 0 Å². The third-order valence-corrected chi connectivity index (χ3v) is 5.24. The van der Waals surface area contributed by atoms with Gasteiger partial charge in [0.25, 0.3) is 0 Å². The van der Waals surface area contributed by atoms with Crippen molar-refractivity contribution in [2.24, 2.45) is 11.3 Å². The summed E-state index contributed by atoms with van der Waals surface area (Å²) in [6.45, 7) is 14.8. The van der Waals surface area contributed by atoms with Crippen LogP contribution < -0.4 is 5.32 Å². The molecular formula is C18H38N2O. The first-order valence-corrected chi connectivity index (χ1v) is 9.00. The predicted molar refractivity (Wildman–Crippen MR) is 91.8 cm³/mol. The van der Waals surface area contributed by atoms with Crippen molar-refractivity contribution in [3.63, 3.8) is 0 Å². The lowest BCUT2D eigenvalue weighted by Crippen LogP contribution is -2.49. The van der Waals surface area contributed by atoms with E-state index in [1.807, 2.05) is 7.11 Å². The molecule has 0 aromatic rings. The van der Waals surface area contributed by atoms with E-state index in [-0.39, 0.29) is 0 Å². The Morgan fingerprint density at radius 3 is 2.48 bits per heavy atom. The Bertz CT molecular complexity index is 262. The summed E-state index contributed by atoms with van der Waals surface area (Å²) in [5, 5.41) is 3.70. The molecule has 1 unspecified atom stereocenters. The first-order valence-electron chi connectivity index (χ1n) is 9.00. The summed E-state index contributed by atoms with van der Waals surface area (Å²) in [5.41, 5.74) is 0.472. The van der Waals surface area contributed by atoms with Gasteiger partial charge in [-0.25, -0.2) is 0 Å². The number of hydrogen-bond acceptors (Lipinski definition) is 3. The smallest absolute Gasteiger partial charge is 0.0615 e. The maximum absolute atomic E-state index is 5.37. The van der Waals surface area contributed by atoms with Crippen molar-refractivity contribution in [3.05, 3.63) is 0 Å². The molecule has 1 aliphatic rings. The molecule has 1 atom stereocenters. The number of methoxy groups -OCH3 is 1. The lowest BCUT2D eigenvalue weighted by atomic mass is 9.70. The van der Waals surface area contributed by atoms with Crippen molar-refractivity contribution < 1.29 is 4.74 Å². The fraction of sp³-hybridized carbons (Fsp3) is 1.00. The fourth-order valence-electron chi connectivity index (χ4n) is 3.65. The van der Waals surface area contributed by atoms with Gasteiger partial charge in [-0.05, 0) is 50.6 Å². The monoisotopic (exact) mass is 298 g/mol. The third-order valence-electron chi connectivity index (χ3n) is 5.24. The largest absolute Gasteiger partial charge is 0.383 e. The van der Waals surface area contributed by atoms with Crippen molar-refractivity contribution in [1.82, 2.24) is 10.2 Å². The van der Waals surface area contributed by atoms with Crippen molar-refractivity contribution >= 4 is 0 Å². The van der Waals surface area contributed by atoms with E-state index in [0.29, 0.717) is 11.5 Å². The Kier molecular flexibility index (Phi) is 8.84. The molecule has 1 aliphatic carbocycles. The summed E-state index contributed by atoms with van der Waals surface area (Å²) in [6.07, 6.45) is 6.76. The minimum atomic E-state index is 0.472. The fourth-order valence-corrected chi connectivity index (χ4v) is 3.65. The van der Waals surface area contributed by atoms with Gasteiger partial charge in [0.2, 0.25) is 0 Å². The highest BCUT2D eigenvalue weighted by Crippen LogP contribution is 2.39. The van der Waals surface area contributed by atoms with E-state index >= 15 is 0 Å². The topological polar surface area (TPSA) is 24.5 Å². The van der Waals surface area contributed by atoms with Gasteiger partial charge in [-0.15, -0.1) is 0 Å². The average molecular weight is 299 g/mol. The lowest BCUT2D eigenvalue weighted by molar-refractivity contribution is 0.0413. The molecule has 1 rings (SSSR count). The van der Waals surface area contributed by atoms with Crippen LogP contribution in [0.4, 0.5) is 0 Å². The average Bonchev–Trinajstić information content (AvgIpc) is 2.48. The molecule has 1 saturated carbocycles. The Balaban J connectivity index is 2.66. The first kappa shape index (κ1) is 18.9. The van der Waals surface area contributed by atoms with Gasteiger partial charge in [0.05, 0.1) is 6.61 Å². The van der Waals surface area contributed by atoms with Crippen LogP contribution in [-0.2, 0) is 4.74 Å². The van der Waals surface area contributed by atoms with Crippen LogP contribution in [0, 0.1) is 11.3 Å². The van der Waals surface area contributed by atoms with Gasteiger partial charge in [-0.1, -0.05) is 33.6 Å². The van der Waals surface area contributed by atoms with Gasteiger partial charge in [-0.2, -0.15) is 0 Å². The van der Waals surface area contributed by atoms with Crippen LogP contribution in [0.2, 0.25) is 0 Å². The maximum atomic E-state index is 5.37. The molecule has 0 heterocycles. The SMILES string of the molecule is CCCNCC1(CN(CC)C(C)COC)CCC(C)CC1. The molecule has 0 radical (unpaired) electrons. The number of likely N-dealkylation sites (N-methyl/N-ethyl adjacent to an activating group) is 1. The molecule has 0 aromatic carbocycles. The van der Waals surface area contributed by atoms with Crippen LogP contribution in [0.3, 0.4) is 0 Å². The summed E-state index contributed by atoms with van der Waals surface area (Å²) in [4.78, 5) is 2.62. The molecule has 0 amide bonds. The van der Waals surface area contributed by atoms with Crippen LogP contribution in [0.15, 0.2) is 0 Å². The van der Waals surface area contributed by atoms with Crippen LogP contribution in [-0.4, -0.2) is 50.8 Å². The predicted octanol–water partition coefficient (Wildman–Crippen LogP) is 3.54. The van der Waals surface area contributed by atoms with Crippen LogP contribution in [0.25, 0.3) is 0 Å². The molecule has 0 spiro atoms. The van der Waals surface area contributed by atoms with E-state index in [1.165, 1.54) is 45.2 Å². The molecule has 1 N–H and O–H groups in total. The Hall–Kier alpha value is -0.120. The van der Waals surface area contributed by atoms with Crippen LogP contribution in [0.1, 0.15) is 59.8 Å². The lowest BCUT2D eigenvalue weighted by Gasteiger charge is -2.44. The highest BCUT2D eigenvalue weighted by Gasteiger charge is 2.36. The number of nitrogens with one attached hydrogen (secondary N) is 1. The highest BCUT2D eigenvalue weighted by molar-refractivity contribution is 4.90. The van der Waals surface area contributed by atoms with Gasteiger partial charge in [0.15, 0.2) is 0 Å². The van der Waals surface area contributed by atoms with Crippen molar-refractivity contribution in [3.8, 4) is 0 Å². The Labute approximate surface area is 132 Å². The Morgan fingerprint density at radius 2 is 1.95 bits per heavy atom. The molecule has 3 heteroatoms. The van der Waals surface area contributed by atoms with Crippen molar-refractivity contribution in [2.45, 2.75) is 65.8 Å². The van der Waals surface area contributed by atoms with Gasteiger partial charge in [0, 0.05) is 26.2 Å². The molecule has 0 bridgehead atoms. The minimum absolute atomic E-state index is 0.472. The summed E-state index contributed by atoms with van der Waals surface area (Å²) in [7, 11) is 1.81. The Morgan fingerprint density at radius 1 is 1.29 bits per heavy atom. The number of rotatable bonds is 10. The second-order valence-electron chi connectivity index (χ2n) is 7.23. The van der Waals surface area contributed by atoms with Crippen LogP contribution in [0.5, 0.6) is 0 Å². The van der Waals surface area contributed by atoms with Gasteiger partial charge < -0.3 is 10.1 Å². The standard InChI is InChI=1S/C18H38N2O/c1-6-12-19-14-18(10-8-16(3)9-11-18)15-20(7-2)17(4)13-21-5/h16-17,19H,6-15H2,1-5H3. The number of ether oxygens (including phenoxy) is 1. The van der Waals surface area contributed by atoms with E-state index in [2.05, 4.69) is 37.9 Å². The number of nitrogens with zero attached hydrogens (tertiary/aromatic N) is 1. The second kappa shape index (κ2) is 9.81. The van der Waals surface area contributed by atoms with E-state index in [9.17, 15) is 0 Å². The molecule has 126 valence electrons. The highest BCUT2D eigenvalue weighted by atomic mass is 16.5. The molecule has 21 heavy (non-hydrogen) atoms. The summed E-state index contributed by atoms with van der Waals surface area (Å²) in [6, 6.07) is 0.516. The quantitative estimate of drug-likeness (QED) is 0.624. The molecule has 0 aliphatic heterocycles. The molecule has 3 nitrogen and oxygen atoms in total. The number of hydrogen-bond donors (Lipinski definition) is 1. The molecule has 1 fully saturated rings. The minimum Gasteiger partial charge on any atom is -0.383 e.